The number of anilines is 1. The van der Waals surface area contributed by atoms with Crippen LogP contribution in [-0.4, -0.2) is 6.10 Å². The van der Waals surface area contributed by atoms with Gasteiger partial charge in [0.1, 0.15) is 11.9 Å². The van der Waals surface area contributed by atoms with Gasteiger partial charge in [-0.2, -0.15) is 0 Å². The predicted octanol–water partition coefficient (Wildman–Crippen LogP) is 12.7. The molecule has 0 radical (unpaired) electrons. The number of ether oxygens (including phenoxy) is 1. The highest BCUT2D eigenvalue weighted by atomic mass is 16.5. The summed E-state index contributed by atoms with van der Waals surface area (Å²) in [5.74, 6) is 1.89. The minimum absolute atomic E-state index is 0.0313. The van der Waals surface area contributed by atoms with Crippen molar-refractivity contribution in [3.05, 3.63) is 203 Å². The first kappa shape index (κ1) is 30.7. The Hall–Kier alpha value is -5.86. The number of fused-ring (bicyclic) bond motifs is 13. The first-order valence-corrected chi connectivity index (χ1v) is 19.2. The van der Waals surface area contributed by atoms with Crippen molar-refractivity contribution in [3.8, 4) is 28.0 Å². The smallest absolute Gasteiger partial charge is 0.132 e. The molecule has 6 aromatic rings. The fourth-order valence-electron chi connectivity index (χ4n) is 10.3. The lowest BCUT2D eigenvalue weighted by molar-refractivity contribution is 0.269. The minimum Gasteiger partial charge on any atom is -0.484 e. The summed E-state index contributed by atoms with van der Waals surface area (Å²) in [5, 5.41) is 2.66. The molecule has 2 heteroatoms. The molecule has 4 unspecified atom stereocenters. The van der Waals surface area contributed by atoms with Crippen molar-refractivity contribution in [2.45, 2.75) is 56.5 Å². The van der Waals surface area contributed by atoms with Gasteiger partial charge in [0.15, 0.2) is 0 Å². The zero-order valence-corrected chi connectivity index (χ0v) is 30.4. The molecule has 1 aliphatic heterocycles. The molecule has 0 fully saturated rings. The van der Waals surface area contributed by atoms with Crippen LogP contribution in [0.1, 0.15) is 72.8 Å². The Bertz CT molecular complexity index is 2620. The van der Waals surface area contributed by atoms with Crippen LogP contribution in [0.2, 0.25) is 0 Å². The van der Waals surface area contributed by atoms with Crippen molar-refractivity contribution in [3.63, 3.8) is 0 Å². The van der Waals surface area contributed by atoms with E-state index in [2.05, 4.69) is 183 Å². The van der Waals surface area contributed by atoms with E-state index in [4.69, 9.17) is 4.74 Å². The fraction of sp³-hybridized carbons (Fsp3) is 0.176. The molecule has 0 spiro atoms. The van der Waals surface area contributed by atoms with E-state index in [1.807, 2.05) is 0 Å². The summed E-state index contributed by atoms with van der Waals surface area (Å²) in [5.41, 5.74) is 17.2. The largest absolute Gasteiger partial charge is 0.484 e. The maximum absolute atomic E-state index is 7.05. The molecule has 0 amide bonds. The monoisotopic (exact) mass is 683 g/mol. The third-order valence-electron chi connectivity index (χ3n) is 12.8. The summed E-state index contributed by atoms with van der Waals surface area (Å²) >= 11 is 0. The van der Waals surface area contributed by atoms with Crippen molar-refractivity contribution < 1.29 is 4.74 Å². The van der Waals surface area contributed by atoms with Gasteiger partial charge >= 0.3 is 0 Å². The van der Waals surface area contributed by atoms with Crippen LogP contribution >= 0.6 is 0 Å². The molecular formula is C51H41NO. The summed E-state index contributed by atoms with van der Waals surface area (Å²) in [6, 6.07) is 46.8. The fourth-order valence-corrected chi connectivity index (χ4v) is 10.3. The Balaban J connectivity index is 1.07. The van der Waals surface area contributed by atoms with Crippen LogP contribution in [0.3, 0.4) is 0 Å². The molecule has 0 aromatic heterocycles. The SMILES string of the molecule is CC1c2ccccc2-c2c3c(c4ccccc4c21)C1C=C(N(C2=CCC4C(=C2)C(C)(C)c2ccccc24)c2ccc(-c4ccccc4)cc2)C=CC1O3. The standard InChI is InChI=1S/C51H41NO/c1-31-37-15-7-8-17-40(37)49-47(31)41-18-9-10-19-42(41)48-43-29-35(26-28-46(43)53-50(48)49)52(34-23-21-33(22-24-34)32-13-5-4-6-14-32)36-25-27-39-38-16-11-12-20-44(38)51(2,3)45(39)30-36/h4-26,28-31,39,43,46H,27H2,1-3H3. The van der Waals surface area contributed by atoms with Crippen LogP contribution in [0.4, 0.5) is 5.69 Å². The van der Waals surface area contributed by atoms with Crippen LogP contribution in [-0.2, 0) is 5.41 Å². The molecule has 5 aliphatic rings. The van der Waals surface area contributed by atoms with Crippen molar-refractivity contribution >= 4 is 16.5 Å². The third-order valence-corrected chi connectivity index (χ3v) is 12.8. The van der Waals surface area contributed by atoms with E-state index in [0.29, 0.717) is 11.8 Å². The number of rotatable bonds is 4. The van der Waals surface area contributed by atoms with Gasteiger partial charge in [-0.3, -0.25) is 0 Å². The van der Waals surface area contributed by atoms with Crippen molar-refractivity contribution in [1.29, 1.82) is 0 Å². The lowest BCUT2D eigenvalue weighted by Crippen LogP contribution is -2.27. The second-order valence-electron chi connectivity index (χ2n) is 15.9. The van der Waals surface area contributed by atoms with Gasteiger partial charge in [-0.15, -0.1) is 0 Å². The lowest BCUT2D eigenvalue weighted by atomic mass is 9.78. The Morgan fingerprint density at radius 1 is 0.679 bits per heavy atom. The quantitative estimate of drug-likeness (QED) is 0.183. The summed E-state index contributed by atoms with van der Waals surface area (Å²) in [4.78, 5) is 2.49. The molecule has 0 N–H and O–H groups in total. The number of nitrogens with zero attached hydrogens (tertiary/aromatic N) is 1. The Kier molecular flexibility index (Phi) is 6.56. The van der Waals surface area contributed by atoms with Crippen LogP contribution in [0.5, 0.6) is 5.75 Å². The van der Waals surface area contributed by atoms with Crippen molar-refractivity contribution in [2.75, 3.05) is 4.90 Å². The van der Waals surface area contributed by atoms with Gasteiger partial charge in [0.05, 0.1) is 0 Å². The Morgan fingerprint density at radius 3 is 2.17 bits per heavy atom. The van der Waals surface area contributed by atoms with Gasteiger partial charge in [0, 0.05) is 51.4 Å². The van der Waals surface area contributed by atoms with E-state index in [0.717, 1.165) is 17.9 Å². The molecule has 4 atom stereocenters. The van der Waals surface area contributed by atoms with Gasteiger partial charge in [-0.1, -0.05) is 148 Å². The van der Waals surface area contributed by atoms with Gasteiger partial charge in [0.25, 0.3) is 0 Å². The predicted molar refractivity (Wildman–Crippen MR) is 219 cm³/mol. The minimum atomic E-state index is -0.0552. The molecule has 4 aliphatic carbocycles. The van der Waals surface area contributed by atoms with Gasteiger partial charge in [-0.05, 0) is 92.6 Å². The number of hydrogen-bond donors (Lipinski definition) is 0. The Morgan fingerprint density at radius 2 is 1.36 bits per heavy atom. The summed E-state index contributed by atoms with van der Waals surface area (Å²) < 4.78 is 7.05. The van der Waals surface area contributed by atoms with Gasteiger partial charge in [0.2, 0.25) is 0 Å². The van der Waals surface area contributed by atoms with E-state index in [1.54, 1.807) is 0 Å². The first-order chi connectivity index (χ1) is 26.0. The van der Waals surface area contributed by atoms with E-state index in [-0.39, 0.29) is 17.4 Å². The van der Waals surface area contributed by atoms with Gasteiger partial charge < -0.3 is 9.64 Å². The van der Waals surface area contributed by atoms with Crippen LogP contribution in [0.15, 0.2) is 175 Å². The highest BCUT2D eigenvalue weighted by molar-refractivity contribution is 6.03. The molecule has 0 saturated heterocycles. The number of benzene rings is 6. The highest BCUT2D eigenvalue weighted by Gasteiger charge is 2.44. The molecule has 256 valence electrons. The van der Waals surface area contributed by atoms with E-state index in [1.165, 1.54) is 77.8 Å². The average Bonchev–Trinajstić information content (AvgIpc) is 3.81. The Labute approximate surface area is 312 Å². The molecule has 2 nitrogen and oxygen atoms in total. The maximum Gasteiger partial charge on any atom is 0.132 e. The zero-order valence-electron chi connectivity index (χ0n) is 30.4. The summed E-state index contributed by atoms with van der Waals surface area (Å²) in [6.45, 7) is 7.16. The zero-order chi connectivity index (χ0) is 35.4. The van der Waals surface area contributed by atoms with E-state index < -0.39 is 0 Å². The third kappa shape index (κ3) is 4.39. The summed E-state index contributed by atoms with van der Waals surface area (Å²) in [6.07, 6.45) is 13.0. The topological polar surface area (TPSA) is 12.5 Å². The molecule has 1 heterocycles. The van der Waals surface area contributed by atoms with E-state index >= 15 is 0 Å². The van der Waals surface area contributed by atoms with Crippen LogP contribution < -0.4 is 9.64 Å². The molecule has 11 rings (SSSR count). The first-order valence-electron chi connectivity index (χ1n) is 19.2. The number of hydrogen-bond acceptors (Lipinski definition) is 2. The summed E-state index contributed by atoms with van der Waals surface area (Å²) in [7, 11) is 0. The highest BCUT2D eigenvalue weighted by Crippen LogP contribution is 2.59. The van der Waals surface area contributed by atoms with E-state index in [9.17, 15) is 0 Å². The van der Waals surface area contributed by atoms with Crippen molar-refractivity contribution in [2.24, 2.45) is 0 Å². The lowest BCUT2D eigenvalue weighted by Gasteiger charge is -2.34. The molecular weight excluding hydrogens is 643 g/mol. The second-order valence-corrected chi connectivity index (χ2v) is 15.9. The van der Waals surface area contributed by atoms with Gasteiger partial charge in [-0.25, -0.2) is 0 Å². The average molecular weight is 684 g/mol. The molecule has 6 aromatic carbocycles. The second kappa shape index (κ2) is 11.3. The molecule has 0 bridgehead atoms. The van der Waals surface area contributed by atoms with Crippen LogP contribution in [0, 0.1) is 0 Å². The molecule has 0 saturated carbocycles. The number of allylic oxidation sites excluding steroid dienone is 4. The normalized spacial score (nSPS) is 22.4. The molecule has 53 heavy (non-hydrogen) atoms. The van der Waals surface area contributed by atoms with Crippen LogP contribution in [0.25, 0.3) is 33.0 Å². The maximum atomic E-state index is 7.05. The van der Waals surface area contributed by atoms with Crippen molar-refractivity contribution in [1.82, 2.24) is 0 Å².